The smallest absolute Gasteiger partial charge is 0.261 e. The fraction of sp³-hybridized carbons (Fsp3) is 0.375. The number of fused-ring (bicyclic) bond motifs is 1. The zero-order valence-corrected chi connectivity index (χ0v) is 19.7. The Bertz CT molecular complexity index is 1330. The van der Waals surface area contributed by atoms with Crippen LogP contribution in [0.1, 0.15) is 24.2 Å². The normalized spacial score (nSPS) is 15.5. The molecule has 1 fully saturated rings. The van der Waals surface area contributed by atoms with E-state index in [0.29, 0.717) is 49.2 Å². The van der Waals surface area contributed by atoms with Crippen molar-refractivity contribution in [1.29, 1.82) is 0 Å². The molecule has 9 heteroatoms. The molecule has 0 N–H and O–H groups in total. The number of aryl methyl sites for hydroxylation is 2. The van der Waals surface area contributed by atoms with E-state index in [1.165, 1.54) is 8.87 Å². The molecule has 33 heavy (non-hydrogen) atoms. The molecule has 0 unspecified atom stereocenters. The molecular formula is C24H28N4O4S. The van der Waals surface area contributed by atoms with Gasteiger partial charge in [0.05, 0.1) is 15.8 Å². The van der Waals surface area contributed by atoms with Crippen molar-refractivity contribution in [3.63, 3.8) is 0 Å². The Kier molecular flexibility index (Phi) is 6.62. The standard InChI is InChI=1S/C24H28N4O4S/c1-18-8-10-19(11-9-18)33(31,32)28-15-5-14-27(16-17-28)23(29)13-12-22-25-21-7-4-3-6-20(21)24(30)26(22)2/h3-4,6-11H,5,12-17H2,1-2H3. The Morgan fingerprint density at radius 3 is 2.48 bits per heavy atom. The molecule has 0 saturated carbocycles. The topological polar surface area (TPSA) is 92.6 Å². The van der Waals surface area contributed by atoms with Crippen LogP contribution in [0.3, 0.4) is 0 Å². The van der Waals surface area contributed by atoms with Gasteiger partial charge in [0.25, 0.3) is 5.56 Å². The Morgan fingerprint density at radius 1 is 1.00 bits per heavy atom. The molecule has 1 aromatic heterocycles. The van der Waals surface area contributed by atoms with Gasteiger partial charge in [-0.3, -0.25) is 14.2 Å². The fourth-order valence-corrected chi connectivity index (χ4v) is 5.58. The lowest BCUT2D eigenvalue weighted by molar-refractivity contribution is -0.131. The predicted octanol–water partition coefficient (Wildman–Crippen LogP) is 2.10. The molecular weight excluding hydrogens is 440 g/mol. The third-order valence-corrected chi connectivity index (χ3v) is 8.02. The summed E-state index contributed by atoms with van der Waals surface area (Å²) in [6.07, 6.45) is 1.13. The Morgan fingerprint density at radius 2 is 1.73 bits per heavy atom. The minimum atomic E-state index is -3.59. The van der Waals surface area contributed by atoms with Gasteiger partial charge < -0.3 is 4.90 Å². The van der Waals surface area contributed by atoms with E-state index < -0.39 is 10.0 Å². The SMILES string of the molecule is Cc1ccc(S(=O)(=O)N2CCCN(C(=O)CCc3nc4ccccc4c(=O)n3C)CC2)cc1. The van der Waals surface area contributed by atoms with Crippen LogP contribution in [0.4, 0.5) is 0 Å². The minimum absolute atomic E-state index is 0.0630. The van der Waals surface area contributed by atoms with Crippen LogP contribution in [0.15, 0.2) is 58.2 Å². The monoisotopic (exact) mass is 468 g/mol. The molecule has 0 bridgehead atoms. The Hall–Kier alpha value is -3.04. The number of hydrogen-bond donors (Lipinski definition) is 0. The molecule has 0 aliphatic carbocycles. The van der Waals surface area contributed by atoms with E-state index in [2.05, 4.69) is 4.98 Å². The maximum Gasteiger partial charge on any atom is 0.261 e. The zero-order valence-electron chi connectivity index (χ0n) is 18.9. The first-order valence-electron chi connectivity index (χ1n) is 11.1. The summed E-state index contributed by atoms with van der Waals surface area (Å²) in [6.45, 7) is 3.39. The second kappa shape index (κ2) is 9.44. The molecule has 2 aromatic carbocycles. The van der Waals surface area contributed by atoms with Crippen LogP contribution in [0.25, 0.3) is 10.9 Å². The molecule has 0 spiro atoms. The van der Waals surface area contributed by atoms with E-state index in [9.17, 15) is 18.0 Å². The average molecular weight is 469 g/mol. The molecule has 1 saturated heterocycles. The fourth-order valence-electron chi connectivity index (χ4n) is 4.11. The van der Waals surface area contributed by atoms with Crippen molar-refractivity contribution in [1.82, 2.24) is 18.8 Å². The zero-order chi connectivity index (χ0) is 23.6. The number of para-hydroxylation sites is 1. The highest BCUT2D eigenvalue weighted by Gasteiger charge is 2.28. The molecule has 174 valence electrons. The van der Waals surface area contributed by atoms with Crippen molar-refractivity contribution >= 4 is 26.8 Å². The van der Waals surface area contributed by atoms with Crippen LogP contribution >= 0.6 is 0 Å². The number of rotatable bonds is 5. The summed E-state index contributed by atoms with van der Waals surface area (Å²) in [5.74, 6) is 0.498. The van der Waals surface area contributed by atoms with Crippen LogP contribution in [0, 0.1) is 6.92 Å². The van der Waals surface area contributed by atoms with Gasteiger partial charge in [0.15, 0.2) is 0 Å². The van der Waals surface area contributed by atoms with E-state index in [0.717, 1.165) is 5.56 Å². The third-order valence-electron chi connectivity index (χ3n) is 6.10. The number of hydrogen-bond acceptors (Lipinski definition) is 5. The van der Waals surface area contributed by atoms with Crippen molar-refractivity contribution in [2.45, 2.75) is 31.1 Å². The minimum Gasteiger partial charge on any atom is -0.341 e. The van der Waals surface area contributed by atoms with Gasteiger partial charge >= 0.3 is 0 Å². The van der Waals surface area contributed by atoms with Gasteiger partial charge in [-0.05, 0) is 37.6 Å². The Balaban J connectivity index is 1.41. The number of amides is 1. The van der Waals surface area contributed by atoms with E-state index >= 15 is 0 Å². The highest BCUT2D eigenvalue weighted by Crippen LogP contribution is 2.19. The third kappa shape index (κ3) is 4.84. The van der Waals surface area contributed by atoms with Crippen LogP contribution in [0.5, 0.6) is 0 Å². The summed E-state index contributed by atoms with van der Waals surface area (Å²) >= 11 is 0. The number of nitrogens with zero attached hydrogens (tertiary/aromatic N) is 4. The molecule has 0 atom stereocenters. The molecule has 4 rings (SSSR count). The number of benzene rings is 2. The first-order chi connectivity index (χ1) is 15.8. The summed E-state index contributed by atoms with van der Waals surface area (Å²) in [4.78, 5) is 32.0. The second-order valence-corrected chi connectivity index (χ2v) is 10.3. The Labute approximate surface area is 193 Å². The first kappa shape index (κ1) is 23.1. The molecule has 1 aliphatic heterocycles. The van der Waals surface area contributed by atoms with E-state index in [1.807, 2.05) is 13.0 Å². The van der Waals surface area contributed by atoms with Gasteiger partial charge in [0.1, 0.15) is 5.82 Å². The summed E-state index contributed by atoms with van der Waals surface area (Å²) in [5.41, 5.74) is 1.49. The van der Waals surface area contributed by atoms with Crippen molar-refractivity contribution in [2.75, 3.05) is 26.2 Å². The molecule has 3 aromatic rings. The van der Waals surface area contributed by atoms with Gasteiger partial charge in [-0.1, -0.05) is 29.8 Å². The summed E-state index contributed by atoms with van der Waals surface area (Å²) < 4.78 is 28.9. The summed E-state index contributed by atoms with van der Waals surface area (Å²) in [6, 6.07) is 14.0. The van der Waals surface area contributed by atoms with Gasteiger partial charge in [-0.2, -0.15) is 4.31 Å². The summed E-state index contributed by atoms with van der Waals surface area (Å²) in [5, 5.41) is 0.553. The number of carbonyl (C=O) groups is 1. The van der Waals surface area contributed by atoms with E-state index in [1.54, 1.807) is 54.4 Å². The van der Waals surface area contributed by atoms with Crippen molar-refractivity contribution in [3.8, 4) is 0 Å². The highest BCUT2D eigenvalue weighted by atomic mass is 32.2. The predicted molar refractivity (Wildman–Crippen MR) is 126 cm³/mol. The van der Waals surface area contributed by atoms with Gasteiger partial charge in [0.2, 0.25) is 15.9 Å². The van der Waals surface area contributed by atoms with E-state index in [-0.39, 0.29) is 29.3 Å². The van der Waals surface area contributed by atoms with Crippen molar-refractivity contribution < 1.29 is 13.2 Å². The van der Waals surface area contributed by atoms with Gasteiger partial charge in [0, 0.05) is 46.1 Å². The summed E-state index contributed by atoms with van der Waals surface area (Å²) in [7, 11) is -1.92. The maximum absolute atomic E-state index is 13.0. The molecule has 0 radical (unpaired) electrons. The average Bonchev–Trinajstić information content (AvgIpc) is 3.08. The molecule has 8 nitrogen and oxygen atoms in total. The quantitative estimate of drug-likeness (QED) is 0.572. The molecule has 1 amide bonds. The highest BCUT2D eigenvalue weighted by molar-refractivity contribution is 7.89. The lowest BCUT2D eigenvalue weighted by Crippen LogP contribution is -2.37. The number of aromatic nitrogens is 2. The second-order valence-electron chi connectivity index (χ2n) is 8.36. The van der Waals surface area contributed by atoms with Crippen LogP contribution in [0.2, 0.25) is 0 Å². The van der Waals surface area contributed by atoms with E-state index in [4.69, 9.17) is 0 Å². The molecule has 1 aliphatic rings. The van der Waals surface area contributed by atoms with Crippen LogP contribution in [-0.2, 0) is 28.3 Å². The first-order valence-corrected chi connectivity index (χ1v) is 12.5. The van der Waals surface area contributed by atoms with Crippen LogP contribution in [-0.4, -0.2) is 59.3 Å². The lowest BCUT2D eigenvalue weighted by atomic mass is 10.2. The molecule has 2 heterocycles. The van der Waals surface area contributed by atoms with Crippen molar-refractivity contribution in [3.05, 3.63) is 70.3 Å². The lowest BCUT2D eigenvalue weighted by Gasteiger charge is -2.22. The largest absolute Gasteiger partial charge is 0.341 e. The van der Waals surface area contributed by atoms with Crippen molar-refractivity contribution in [2.24, 2.45) is 7.05 Å². The van der Waals surface area contributed by atoms with Gasteiger partial charge in [-0.25, -0.2) is 13.4 Å². The number of sulfonamides is 1. The number of carbonyl (C=O) groups excluding carboxylic acids is 1. The van der Waals surface area contributed by atoms with Crippen LogP contribution < -0.4 is 5.56 Å². The maximum atomic E-state index is 13.0. The van der Waals surface area contributed by atoms with Gasteiger partial charge in [-0.15, -0.1) is 0 Å².